The maximum atomic E-state index is 10.8. The van der Waals surface area contributed by atoms with Gasteiger partial charge in [-0.25, -0.2) is 0 Å². The summed E-state index contributed by atoms with van der Waals surface area (Å²) in [5.41, 5.74) is 1.02. The molecule has 24 heavy (non-hydrogen) atoms. The quantitative estimate of drug-likeness (QED) is 0.395. The first-order chi connectivity index (χ1) is 11.6. The van der Waals surface area contributed by atoms with E-state index >= 15 is 0 Å². The average Bonchev–Trinajstić information content (AvgIpc) is 3.20. The molecule has 0 fully saturated rings. The molecule has 4 aromatic rings. The SMILES string of the molecule is O=[N+]([O-])c1ccc2cc(-c3nnc(-c4cccc(Cl)c4)o3)oc2c1. The summed E-state index contributed by atoms with van der Waals surface area (Å²) in [5.74, 6) is 0.828. The minimum Gasteiger partial charge on any atom is -0.451 e. The van der Waals surface area contributed by atoms with Crippen LogP contribution in [0.5, 0.6) is 0 Å². The van der Waals surface area contributed by atoms with Gasteiger partial charge < -0.3 is 8.83 Å². The van der Waals surface area contributed by atoms with Gasteiger partial charge in [-0.3, -0.25) is 10.1 Å². The topological polar surface area (TPSA) is 95.2 Å². The third-order valence-electron chi connectivity index (χ3n) is 3.42. The van der Waals surface area contributed by atoms with Crippen molar-refractivity contribution < 1.29 is 13.8 Å². The molecule has 0 radical (unpaired) electrons. The Morgan fingerprint density at radius 1 is 1.00 bits per heavy atom. The molecule has 0 saturated heterocycles. The molecule has 0 saturated carbocycles. The van der Waals surface area contributed by atoms with Gasteiger partial charge in [-0.2, -0.15) is 0 Å². The number of nitro benzene ring substituents is 1. The van der Waals surface area contributed by atoms with Crippen LogP contribution in [0.4, 0.5) is 5.69 Å². The van der Waals surface area contributed by atoms with Gasteiger partial charge in [-0.05, 0) is 30.3 Å². The average molecular weight is 342 g/mol. The van der Waals surface area contributed by atoms with Crippen molar-refractivity contribution >= 4 is 28.3 Å². The Bertz CT molecular complexity index is 1070. The fourth-order valence-corrected chi connectivity index (χ4v) is 2.49. The number of aromatic nitrogens is 2. The van der Waals surface area contributed by atoms with Gasteiger partial charge in [0.2, 0.25) is 5.89 Å². The predicted molar refractivity (Wildman–Crippen MR) is 86.6 cm³/mol. The number of non-ortho nitro benzene ring substituents is 1. The van der Waals surface area contributed by atoms with E-state index in [-0.39, 0.29) is 11.6 Å². The van der Waals surface area contributed by atoms with Crippen LogP contribution in [0.1, 0.15) is 0 Å². The van der Waals surface area contributed by atoms with Crippen molar-refractivity contribution in [1.82, 2.24) is 10.2 Å². The summed E-state index contributed by atoms with van der Waals surface area (Å²) in [4.78, 5) is 10.3. The van der Waals surface area contributed by atoms with Crippen molar-refractivity contribution in [2.45, 2.75) is 0 Å². The van der Waals surface area contributed by atoms with E-state index in [0.29, 0.717) is 33.2 Å². The van der Waals surface area contributed by atoms with Gasteiger partial charge >= 0.3 is 0 Å². The molecule has 0 aliphatic rings. The Hall–Kier alpha value is -3.19. The van der Waals surface area contributed by atoms with E-state index in [2.05, 4.69) is 10.2 Å². The van der Waals surface area contributed by atoms with Crippen molar-refractivity contribution in [2.75, 3.05) is 0 Å². The summed E-state index contributed by atoms with van der Waals surface area (Å²) in [7, 11) is 0. The molecule has 118 valence electrons. The van der Waals surface area contributed by atoms with Gasteiger partial charge in [-0.15, -0.1) is 10.2 Å². The number of nitro groups is 1. The highest BCUT2D eigenvalue weighted by atomic mass is 35.5. The van der Waals surface area contributed by atoms with Crippen molar-refractivity contribution in [3.63, 3.8) is 0 Å². The fraction of sp³-hybridized carbons (Fsp3) is 0. The minimum atomic E-state index is -0.481. The summed E-state index contributed by atoms with van der Waals surface area (Å²) < 4.78 is 11.2. The van der Waals surface area contributed by atoms with Gasteiger partial charge in [0.25, 0.3) is 11.6 Å². The molecule has 2 heterocycles. The second kappa shape index (κ2) is 5.47. The highest BCUT2D eigenvalue weighted by Crippen LogP contribution is 2.31. The lowest BCUT2D eigenvalue weighted by atomic mass is 10.2. The lowest BCUT2D eigenvalue weighted by molar-refractivity contribution is -0.384. The van der Waals surface area contributed by atoms with Gasteiger partial charge in [0.1, 0.15) is 5.58 Å². The molecular formula is C16H8ClN3O4. The number of furan rings is 1. The number of nitrogens with zero attached hydrogens (tertiary/aromatic N) is 3. The Kier molecular flexibility index (Phi) is 3.28. The third kappa shape index (κ3) is 2.50. The second-order valence-corrected chi connectivity index (χ2v) is 5.45. The zero-order valence-corrected chi connectivity index (χ0v) is 12.7. The zero-order chi connectivity index (χ0) is 16.7. The Morgan fingerprint density at radius 3 is 2.62 bits per heavy atom. The standard InChI is InChI=1S/C16H8ClN3O4/c17-11-3-1-2-10(6-11)15-18-19-16(24-15)14-7-9-4-5-12(20(21)22)8-13(9)23-14/h1-8H. The molecule has 0 spiro atoms. The van der Waals surface area contributed by atoms with Crippen molar-refractivity contribution in [1.29, 1.82) is 0 Å². The van der Waals surface area contributed by atoms with Crippen LogP contribution in [0.2, 0.25) is 5.02 Å². The van der Waals surface area contributed by atoms with Crippen LogP contribution in [-0.2, 0) is 0 Å². The van der Waals surface area contributed by atoms with Gasteiger partial charge in [-0.1, -0.05) is 17.7 Å². The first-order valence-electron chi connectivity index (χ1n) is 6.88. The van der Waals surface area contributed by atoms with E-state index in [0.717, 1.165) is 0 Å². The summed E-state index contributed by atoms with van der Waals surface area (Å²) in [5, 5.41) is 20.0. The number of fused-ring (bicyclic) bond motifs is 1. The summed E-state index contributed by atoms with van der Waals surface area (Å²) >= 11 is 5.95. The van der Waals surface area contributed by atoms with Crippen LogP contribution >= 0.6 is 11.6 Å². The minimum absolute atomic E-state index is 0.0476. The molecule has 7 nitrogen and oxygen atoms in total. The van der Waals surface area contributed by atoms with Crippen LogP contribution in [0.15, 0.2) is 57.4 Å². The van der Waals surface area contributed by atoms with Crippen molar-refractivity contribution in [2.24, 2.45) is 0 Å². The van der Waals surface area contributed by atoms with Crippen LogP contribution in [0, 0.1) is 10.1 Å². The molecular weight excluding hydrogens is 334 g/mol. The highest BCUT2D eigenvalue weighted by molar-refractivity contribution is 6.30. The summed E-state index contributed by atoms with van der Waals surface area (Å²) in [6, 6.07) is 13.1. The molecule has 0 amide bonds. The maximum Gasteiger partial charge on any atom is 0.283 e. The summed E-state index contributed by atoms with van der Waals surface area (Å²) in [6.07, 6.45) is 0. The van der Waals surface area contributed by atoms with Crippen LogP contribution in [0.3, 0.4) is 0 Å². The smallest absolute Gasteiger partial charge is 0.283 e. The molecule has 2 aromatic carbocycles. The molecule has 2 aromatic heterocycles. The van der Waals surface area contributed by atoms with E-state index in [1.807, 2.05) is 0 Å². The van der Waals surface area contributed by atoms with Crippen LogP contribution in [-0.4, -0.2) is 15.1 Å². The van der Waals surface area contributed by atoms with E-state index in [1.165, 1.54) is 12.1 Å². The number of benzene rings is 2. The lowest BCUT2D eigenvalue weighted by Gasteiger charge is -1.94. The number of hydrogen-bond acceptors (Lipinski definition) is 6. The normalized spacial score (nSPS) is 11.0. The molecule has 0 aliphatic heterocycles. The highest BCUT2D eigenvalue weighted by Gasteiger charge is 2.16. The number of halogens is 1. The third-order valence-corrected chi connectivity index (χ3v) is 3.66. The van der Waals surface area contributed by atoms with Crippen LogP contribution < -0.4 is 0 Å². The molecule has 0 unspecified atom stereocenters. The largest absolute Gasteiger partial charge is 0.451 e. The Morgan fingerprint density at radius 2 is 1.83 bits per heavy atom. The Labute approximate surface area is 139 Å². The molecule has 0 bridgehead atoms. The van der Waals surface area contributed by atoms with Crippen molar-refractivity contribution in [3.05, 3.63) is 63.7 Å². The predicted octanol–water partition coefficient (Wildman–Crippen LogP) is 4.71. The van der Waals surface area contributed by atoms with E-state index in [9.17, 15) is 10.1 Å². The number of hydrogen-bond donors (Lipinski definition) is 0. The van der Waals surface area contributed by atoms with Gasteiger partial charge in [0.05, 0.1) is 11.0 Å². The fourth-order valence-electron chi connectivity index (χ4n) is 2.30. The first kappa shape index (κ1) is 14.4. The Balaban J connectivity index is 1.74. The van der Waals surface area contributed by atoms with Gasteiger partial charge in [0.15, 0.2) is 5.76 Å². The maximum absolute atomic E-state index is 10.8. The molecule has 0 atom stereocenters. The number of rotatable bonds is 3. The first-order valence-corrected chi connectivity index (χ1v) is 7.26. The summed E-state index contributed by atoms with van der Waals surface area (Å²) in [6.45, 7) is 0. The van der Waals surface area contributed by atoms with Crippen molar-refractivity contribution in [3.8, 4) is 23.1 Å². The van der Waals surface area contributed by atoms with E-state index in [4.69, 9.17) is 20.4 Å². The molecule has 4 rings (SSSR count). The van der Waals surface area contributed by atoms with E-state index < -0.39 is 4.92 Å². The second-order valence-electron chi connectivity index (χ2n) is 5.01. The zero-order valence-electron chi connectivity index (χ0n) is 12.0. The van der Waals surface area contributed by atoms with Crippen LogP contribution in [0.25, 0.3) is 34.1 Å². The molecule has 8 heteroatoms. The monoisotopic (exact) mass is 341 g/mol. The lowest BCUT2D eigenvalue weighted by Crippen LogP contribution is -1.85. The van der Waals surface area contributed by atoms with Gasteiger partial charge in [0, 0.05) is 22.0 Å². The molecule has 0 N–H and O–H groups in total. The van der Waals surface area contributed by atoms with E-state index in [1.54, 1.807) is 36.4 Å². The molecule has 0 aliphatic carbocycles.